The fourth-order valence-corrected chi connectivity index (χ4v) is 4.25. The maximum atomic E-state index is 13.0. The van der Waals surface area contributed by atoms with Gasteiger partial charge in [0.1, 0.15) is 0 Å². The number of halogens is 3. The first-order chi connectivity index (χ1) is 16.1. The summed E-state index contributed by atoms with van der Waals surface area (Å²) in [5.41, 5.74) is -2.25. The SMILES string of the molecule is COc1cc(OS(=O)(=O)C(F)(F)F)c(Cc2cn(Cc3ccccc3)c3ccccc23)c(C)n1. The molecule has 2 heterocycles. The Morgan fingerprint density at radius 1 is 1.03 bits per heavy atom. The van der Waals surface area contributed by atoms with Crippen molar-refractivity contribution in [1.29, 1.82) is 0 Å². The van der Waals surface area contributed by atoms with Crippen molar-refractivity contribution < 1.29 is 30.5 Å². The van der Waals surface area contributed by atoms with Gasteiger partial charge < -0.3 is 13.5 Å². The maximum absolute atomic E-state index is 13.0. The van der Waals surface area contributed by atoms with Gasteiger partial charge in [0, 0.05) is 47.4 Å². The Labute approximate surface area is 194 Å². The van der Waals surface area contributed by atoms with Crippen LogP contribution in [0.15, 0.2) is 66.9 Å². The molecule has 0 saturated carbocycles. The van der Waals surface area contributed by atoms with Crippen LogP contribution in [0.4, 0.5) is 13.2 Å². The van der Waals surface area contributed by atoms with E-state index in [1.807, 2.05) is 65.4 Å². The third kappa shape index (κ3) is 4.72. The molecule has 0 spiro atoms. The Morgan fingerprint density at radius 3 is 2.38 bits per heavy atom. The van der Waals surface area contributed by atoms with Gasteiger partial charge >= 0.3 is 15.6 Å². The van der Waals surface area contributed by atoms with Crippen molar-refractivity contribution in [3.8, 4) is 11.6 Å². The molecule has 0 saturated heterocycles. The van der Waals surface area contributed by atoms with Crippen molar-refractivity contribution in [3.05, 3.63) is 89.2 Å². The third-order valence-corrected chi connectivity index (χ3v) is 6.36. The van der Waals surface area contributed by atoms with E-state index in [0.717, 1.165) is 28.1 Å². The Bertz CT molecular complexity index is 1430. The van der Waals surface area contributed by atoms with E-state index in [2.05, 4.69) is 9.17 Å². The molecule has 0 atom stereocenters. The van der Waals surface area contributed by atoms with Crippen LogP contribution < -0.4 is 8.92 Å². The number of rotatable bonds is 7. The first-order valence-electron chi connectivity index (χ1n) is 10.2. The molecule has 4 rings (SSSR count). The van der Waals surface area contributed by atoms with Gasteiger partial charge in [0.25, 0.3) is 0 Å². The van der Waals surface area contributed by atoms with E-state index in [4.69, 9.17) is 4.74 Å². The number of ether oxygens (including phenoxy) is 1. The fraction of sp³-hybridized carbons (Fsp3) is 0.208. The summed E-state index contributed by atoms with van der Waals surface area (Å²) in [7, 11) is -4.60. The Hall–Kier alpha value is -3.53. The van der Waals surface area contributed by atoms with E-state index in [1.165, 1.54) is 7.11 Å². The van der Waals surface area contributed by atoms with E-state index < -0.39 is 21.4 Å². The standard InChI is InChI=1S/C24H21F3N2O4S/c1-16-20(22(13-23(28-16)32-2)33-34(30,31)24(25,26)27)12-18-15-29(14-17-8-4-3-5-9-17)21-11-7-6-10-19(18)21/h3-11,13,15H,12,14H2,1-2H3. The highest BCUT2D eigenvalue weighted by atomic mass is 32.2. The number of aromatic nitrogens is 2. The number of alkyl halides is 3. The summed E-state index contributed by atoms with van der Waals surface area (Å²) in [5.74, 6) is -0.526. The van der Waals surface area contributed by atoms with Crippen LogP contribution in [0.3, 0.4) is 0 Å². The molecule has 0 aliphatic rings. The van der Waals surface area contributed by atoms with Crippen molar-refractivity contribution in [2.75, 3.05) is 7.11 Å². The molecule has 34 heavy (non-hydrogen) atoms. The second kappa shape index (κ2) is 9.02. The van der Waals surface area contributed by atoms with Crippen LogP contribution in [-0.2, 0) is 23.1 Å². The zero-order valence-electron chi connectivity index (χ0n) is 18.3. The molecule has 0 aliphatic carbocycles. The summed E-state index contributed by atoms with van der Waals surface area (Å²) >= 11 is 0. The zero-order valence-corrected chi connectivity index (χ0v) is 19.2. The van der Waals surface area contributed by atoms with E-state index >= 15 is 0 Å². The zero-order chi connectivity index (χ0) is 24.5. The largest absolute Gasteiger partial charge is 0.534 e. The Balaban J connectivity index is 1.79. The number of nitrogens with zero attached hydrogens (tertiary/aromatic N) is 2. The van der Waals surface area contributed by atoms with Gasteiger partial charge in [-0.2, -0.15) is 21.6 Å². The molecule has 0 fully saturated rings. The highest BCUT2D eigenvalue weighted by Gasteiger charge is 2.49. The highest BCUT2D eigenvalue weighted by Crippen LogP contribution is 2.35. The molecule has 0 radical (unpaired) electrons. The van der Waals surface area contributed by atoms with E-state index in [9.17, 15) is 21.6 Å². The summed E-state index contributed by atoms with van der Waals surface area (Å²) in [5, 5.41) is 0.887. The van der Waals surface area contributed by atoms with Gasteiger partial charge in [-0.05, 0) is 24.1 Å². The van der Waals surface area contributed by atoms with Crippen LogP contribution in [0.5, 0.6) is 11.6 Å². The lowest BCUT2D eigenvalue weighted by Crippen LogP contribution is -2.28. The predicted octanol–water partition coefficient (Wildman–Crippen LogP) is 5.22. The topological polar surface area (TPSA) is 70.4 Å². The lowest BCUT2D eigenvalue weighted by Gasteiger charge is -2.15. The maximum Gasteiger partial charge on any atom is 0.534 e. The minimum atomic E-state index is -5.87. The molecule has 0 N–H and O–H groups in total. The molecular weight excluding hydrogens is 469 g/mol. The number of methoxy groups -OCH3 is 1. The molecule has 178 valence electrons. The second-order valence-corrected chi connectivity index (χ2v) is 9.21. The normalized spacial score (nSPS) is 12.1. The first-order valence-corrected chi connectivity index (χ1v) is 11.7. The monoisotopic (exact) mass is 490 g/mol. The van der Waals surface area contributed by atoms with Crippen molar-refractivity contribution >= 4 is 21.0 Å². The molecular formula is C24H21F3N2O4S. The van der Waals surface area contributed by atoms with Gasteiger partial charge in [-0.25, -0.2) is 4.98 Å². The first kappa shape index (κ1) is 23.6. The van der Waals surface area contributed by atoms with Gasteiger partial charge in [0.2, 0.25) is 5.88 Å². The van der Waals surface area contributed by atoms with E-state index in [1.54, 1.807) is 6.92 Å². The van der Waals surface area contributed by atoms with Crippen molar-refractivity contribution in [2.45, 2.75) is 25.4 Å². The molecule has 4 aromatic rings. The molecule has 2 aromatic carbocycles. The molecule has 0 aliphatic heterocycles. The summed E-state index contributed by atoms with van der Waals surface area (Å²) in [6.07, 6.45) is 2.01. The predicted molar refractivity (Wildman–Crippen MR) is 121 cm³/mol. The Kier molecular flexibility index (Phi) is 6.26. The van der Waals surface area contributed by atoms with Crippen LogP contribution in [0, 0.1) is 6.92 Å². The third-order valence-electron chi connectivity index (χ3n) is 5.39. The average molecular weight is 491 g/mol. The van der Waals surface area contributed by atoms with Gasteiger partial charge in [-0.3, -0.25) is 0 Å². The molecule has 0 amide bonds. The second-order valence-electron chi connectivity index (χ2n) is 7.67. The highest BCUT2D eigenvalue weighted by molar-refractivity contribution is 7.88. The average Bonchev–Trinajstić information content (AvgIpc) is 3.13. The molecule has 10 heteroatoms. The van der Waals surface area contributed by atoms with Gasteiger partial charge in [-0.1, -0.05) is 48.5 Å². The number of fused-ring (bicyclic) bond motifs is 1. The van der Waals surface area contributed by atoms with Crippen LogP contribution in [0.25, 0.3) is 10.9 Å². The number of benzene rings is 2. The quantitative estimate of drug-likeness (QED) is 0.262. The molecule has 6 nitrogen and oxygen atoms in total. The van der Waals surface area contributed by atoms with Crippen LogP contribution in [0.1, 0.15) is 22.4 Å². The number of pyridine rings is 1. The summed E-state index contributed by atoms with van der Waals surface area (Å²) < 4.78 is 74.1. The van der Waals surface area contributed by atoms with Crippen molar-refractivity contribution in [2.24, 2.45) is 0 Å². The fourth-order valence-electron chi connectivity index (χ4n) is 3.77. The summed E-state index contributed by atoms with van der Waals surface area (Å²) in [4.78, 5) is 4.21. The Morgan fingerprint density at radius 2 is 1.71 bits per heavy atom. The summed E-state index contributed by atoms with van der Waals surface area (Å²) in [6, 6.07) is 18.5. The van der Waals surface area contributed by atoms with E-state index in [0.29, 0.717) is 12.2 Å². The molecule has 0 bridgehead atoms. The lowest BCUT2D eigenvalue weighted by molar-refractivity contribution is -0.0500. The van der Waals surface area contributed by atoms with Gasteiger partial charge in [0.05, 0.1) is 7.11 Å². The van der Waals surface area contributed by atoms with Crippen LogP contribution in [0.2, 0.25) is 0 Å². The van der Waals surface area contributed by atoms with E-state index in [-0.39, 0.29) is 17.9 Å². The van der Waals surface area contributed by atoms with Crippen LogP contribution in [-0.4, -0.2) is 30.6 Å². The van der Waals surface area contributed by atoms with Crippen molar-refractivity contribution in [1.82, 2.24) is 9.55 Å². The van der Waals surface area contributed by atoms with Crippen LogP contribution >= 0.6 is 0 Å². The summed E-state index contributed by atoms with van der Waals surface area (Å²) in [6.45, 7) is 2.15. The van der Waals surface area contributed by atoms with Gasteiger partial charge in [0.15, 0.2) is 5.75 Å². The smallest absolute Gasteiger partial charge is 0.481 e. The number of aryl methyl sites for hydroxylation is 1. The minimum absolute atomic E-state index is 0.0554. The van der Waals surface area contributed by atoms with Crippen molar-refractivity contribution in [3.63, 3.8) is 0 Å². The lowest BCUT2D eigenvalue weighted by atomic mass is 10.0. The molecule has 0 unspecified atom stereocenters. The number of hydrogen-bond donors (Lipinski definition) is 0. The number of hydrogen-bond acceptors (Lipinski definition) is 5. The minimum Gasteiger partial charge on any atom is -0.481 e. The van der Waals surface area contributed by atoms with Gasteiger partial charge in [-0.15, -0.1) is 0 Å². The molecule has 2 aromatic heterocycles. The number of para-hydroxylation sites is 1.